The van der Waals surface area contributed by atoms with E-state index in [4.69, 9.17) is 16.3 Å². The second kappa shape index (κ2) is 8.76. The van der Waals surface area contributed by atoms with E-state index < -0.39 is 12.0 Å². The molecule has 146 valence electrons. The van der Waals surface area contributed by atoms with Gasteiger partial charge >= 0.3 is 12.0 Å². The molecule has 1 saturated heterocycles. The van der Waals surface area contributed by atoms with Crippen LogP contribution in [0.3, 0.4) is 0 Å². The van der Waals surface area contributed by atoms with Gasteiger partial charge in [0, 0.05) is 17.3 Å². The summed E-state index contributed by atoms with van der Waals surface area (Å²) in [5.41, 5.74) is 1.87. The Morgan fingerprint density at radius 2 is 1.93 bits per heavy atom. The Morgan fingerprint density at radius 1 is 1.26 bits per heavy atom. The van der Waals surface area contributed by atoms with Gasteiger partial charge in [-0.25, -0.2) is 9.59 Å². The van der Waals surface area contributed by atoms with Crippen molar-refractivity contribution in [3.63, 3.8) is 0 Å². The summed E-state index contributed by atoms with van der Waals surface area (Å²) >= 11 is 5.99. The molecule has 0 saturated carbocycles. The van der Waals surface area contributed by atoms with Gasteiger partial charge in [-0.3, -0.25) is 4.90 Å². The average molecular weight is 392 g/mol. The summed E-state index contributed by atoms with van der Waals surface area (Å²) < 4.78 is 5.30. The molecule has 1 aromatic carbocycles. The molecule has 2 aliphatic heterocycles. The number of nitrogens with one attached hydrogen (secondary N) is 2. The van der Waals surface area contributed by atoms with Crippen LogP contribution >= 0.6 is 11.6 Å². The highest BCUT2D eigenvalue weighted by Gasteiger charge is 2.34. The summed E-state index contributed by atoms with van der Waals surface area (Å²) in [6, 6.07) is 6.26. The van der Waals surface area contributed by atoms with Crippen molar-refractivity contribution < 1.29 is 14.3 Å². The van der Waals surface area contributed by atoms with Crippen molar-refractivity contribution in [2.24, 2.45) is 5.92 Å². The van der Waals surface area contributed by atoms with Crippen molar-refractivity contribution in [1.29, 1.82) is 0 Å². The zero-order chi connectivity index (χ0) is 19.4. The third-order valence-corrected chi connectivity index (χ3v) is 5.36. The Labute approximate surface area is 164 Å². The average Bonchev–Trinajstić information content (AvgIpc) is 2.64. The molecular formula is C20H26ClN3O3. The minimum absolute atomic E-state index is 0.276. The summed E-state index contributed by atoms with van der Waals surface area (Å²) in [7, 11) is 0. The van der Waals surface area contributed by atoms with Crippen molar-refractivity contribution in [2.75, 3.05) is 26.2 Å². The number of ether oxygens (including phenoxy) is 1. The van der Waals surface area contributed by atoms with E-state index in [1.54, 1.807) is 19.1 Å². The van der Waals surface area contributed by atoms with Crippen LogP contribution in [0.25, 0.3) is 0 Å². The summed E-state index contributed by atoms with van der Waals surface area (Å²) in [6.45, 7) is 6.74. The van der Waals surface area contributed by atoms with E-state index in [1.165, 1.54) is 0 Å². The second-order valence-electron chi connectivity index (χ2n) is 7.15. The van der Waals surface area contributed by atoms with Crippen LogP contribution in [-0.4, -0.2) is 43.1 Å². The highest BCUT2D eigenvalue weighted by atomic mass is 35.5. The van der Waals surface area contributed by atoms with Crippen LogP contribution in [-0.2, 0) is 9.53 Å². The normalized spacial score (nSPS) is 21.6. The maximum absolute atomic E-state index is 12.7. The first-order valence-corrected chi connectivity index (χ1v) is 9.81. The van der Waals surface area contributed by atoms with Gasteiger partial charge in [-0.15, -0.1) is 0 Å². The first kappa shape index (κ1) is 19.7. The molecule has 3 rings (SSSR count). The molecule has 2 N–H and O–H groups in total. The number of nitrogens with zero attached hydrogens (tertiary/aromatic N) is 1. The number of carbonyl (C=O) groups is 2. The van der Waals surface area contributed by atoms with Crippen molar-refractivity contribution >= 4 is 23.6 Å². The van der Waals surface area contributed by atoms with Crippen LogP contribution in [0.5, 0.6) is 0 Å². The Bertz CT molecular complexity index is 724. The van der Waals surface area contributed by atoms with Crippen molar-refractivity contribution in [3.05, 3.63) is 46.1 Å². The van der Waals surface area contributed by atoms with Gasteiger partial charge in [0.25, 0.3) is 0 Å². The van der Waals surface area contributed by atoms with Crippen molar-refractivity contribution in [3.8, 4) is 0 Å². The van der Waals surface area contributed by atoms with Gasteiger partial charge in [-0.1, -0.05) is 30.7 Å². The molecule has 0 aliphatic carbocycles. The third-order valence-electron chi connectivity index (χ3n) is 5.11. The fraction of sp³-hybridized carbons (Fsp3) is 0.500. The fourth-order valence-corrected chi connectivity index (χ4v) is 3.67. The first-order valence-electron chi connectivity index (χ1n) is 9.43. The SMILES string of the molecule is CCOC(=O)C1=C(CN2CCC(C)CC2)NC(=O)N[C@@H]1c1ccc(Cl)cc1. The Kier molecular flexibility index (Phi) is 6.39. The lowest BCUT2D eigenvalue weighted by Gasteiger charge is -2.34. The largest absolute Gasteiger partial charge is 0.463 e. The molecule has 1 atom stereocenters. The predicted molar refractivity (Wildman–Crippen MR) is 104 cm³/mol. The molecule has 0 radical (unpaired) electrons. The van der Waals surface area contributed by atoms with E-state index in [0.717, 1.165) is 31.5 Å². The number of amides is 2. The van der Waals surface area contributed by atoms with Crippen LogP contribution in [0.4, 0.5) is 4.79 Å². The molecule has 0 bridgehead atoms. The van der Waals surface area contributed by atoms with E-state index in [1.807, 2.05) is 12.1 Å². The van der Waals surface area contributed by atoms with Crippen LogP contribution < -0.4 is 10.6 Å². The molecule has 0 aromatic heterocycles. The summed E-state index contributed by atoms with van der Waals surface area (Å²) in [5, 5.41) is 6.28. The van der Waals surface area contributed by atoms with Gasteiger partial charge in [0.05, 0.1) is 18.2 Å². The van der Waals surface area contributed by atoms with E-state index in [0.29, 0.717) is 28.8 Å². The zero-order valence-electron chi connectivity index (χ0n) is 15.8. The second-order valence-corrected chi connectivity index (χ2v) is 7.59. The van der Waals surface area contributed by atoms with Gasteiger partial charge in [0.1, 0.15) is 0 Å². The molecule has 2 amide bonds. The summed E-state index contributed by atoms with van der Waals surface area (Å²) in [4.78, 5) is 27.3. The molecule has 2 aliphatic rings. The van der Waals surface area contributed by atoms with E-state index in [2.05, 4.69) is 22.5 Å². The molecule has 1 aromatic rings. The minimum Gasteiger partial charge on any atom is -0.463 e. The zero-order valence-corrected chi connectivity index (χ0v) is 16.5. The Morgan fingerprint density at radius 3 is 2.56 bits per heavy atom. The molecular weight excluding hydrogens is 366 g/mol. The molecule has 2 heterocycles. The number of rotatable bonds is 5. The predicted octanol–water partition coefficient (Wildman–Crippen LogP) is 3.24. The fourth-order valence-electron chi connectivity index (χ4n) is 3.54. The number of benzene rings is 1. The lowest BCUT2D eigenvalue weighted by Crippen LogP contribution is -2.49. The van der Waals surface area contributed by atoms with Crippen LogP contribution in [0, 0.1) is 5.92 Å². The first-order chi connectivity index (χ1) is 13.0. The maximum atomic E-state index is 12.7. The molecule has 1 fully saturated rings. The molecule has 27 heavy (non-hydrogen) atoms. The molecule has 6 nitrogen and oxygen atoms in total. The van der Waals surface area contributed by atoms with Gasteiger partial charge < -0.3 is 15.4 Å². The minimum atomic E-state index is -0.561. The highest BCUT2D eigenvalue weighted by molar-refractivity contribution is 6.30. The lowest BCUT2D eigenvalue weighted by molar-refractivity contribution is -0.139. The number of likely N-dealkylation sites (tertiary alicyclic amines) is 1. The number of halogens is 1. The number of hydrogen-bond acceptors (Lipinski definition) is 4. The maximum Gasteiger partial charge on any atom is 0.338 e. The number of piperidine rings is 1. The quantitative estimate of drug-likeness (QED) is 0.756. The van der Waals surface area contributed by atoms with E-state index >= 15 is 0 Å². The molecule has 0 unspecified atom stereocenters. The molecule has 0 spiro atoms. The van der Waals surface area contributed by atoms with E-state index in [-0.39, 0.29) is 12.6 Å². The lowest BCUT2D eigenvalue weighted by atomic mass is 9.94. The topological polar surface area (TPSA) is 70.7 Å². The van der Waals surface area contributed by atoms with Crippen molar-refractivity contribution in [2.45, 2.75) is 32.7 Å². The van der Waals surface area contributed by atoms with Gasteiger partial charge in [-0.2, -0.15) is 0 Å². The number of urea groups is 1. The van der Waals surface area contributed by atoms with Crippen LogP contribution in [0.15, 0.2) is 35.5 Å². The third kappa shape index (κ3) is 4.82. The van der Waals surface area contributed by atoms with Crippen LogP contribution in [0.1, 0.15) is 38.3 Å². The number of carbonyl (C=O) groups excluding carboxylic acids is 2. The standard InChI is InChI=1S/C20H26ClN3O3/c1-3-27-19(25)17-16(12-24-10-8-13(2)9-11-24)22-20(26)23-18(17)14-4-6-15(21)7-5-14/h4-7,13,18H,3,8-12H2,1-2H3,(H2,22,23,26)/t18-/m1/s1. The van der Waals surface area contributed by atoms with E-state index in [9.17, 15) is 9.59 Å². The Balaban J connectivity index is 1.94. The summed E-state index contributed by atoms with van der Waals surface area (Å²) in [6.07, 6.45) is 2.24. The van der Waals surface area contributed by atoms with Gasteiger partial charge in [0.15, 0.2) is 0 Å². The van der Waals surface area contributed by atoms with Crippen LogP contribution in [0.2, 0.25) is 5.02 Å². The highest BCUT2D eigenvalue weighted by Crippen LogP contribution is 2.29. The monoisotopic (exact) mass is 391 g/mol. The number of esters is 1. The van der Waals surface area contributed by atoms with Gasteiger partial charge in [0.2, 0.25) is 0 Å². The summed E-state index contributed by atoms with van der Waals surface area (Å²) in [5.74, 6) is 0.300. The van der Waals surface area contributed by atoms with Gasteiger partial charge in [-0.05, 0) is 56.5 Å². The Hall–Kier alpha value is -2.05. The smallest absolute Gasteiger partial charge is 0.338 e. The molecule has 7 heteroatoms. The number of hydrogen-bond donors (Lipinski definition) is 2. The van der Waals surface area contributed by atoms with Crippen molar-refractivity contribution in [1.82, 2.24) is 15.5 Å².